The first-order chi connectivity index (χ1) is 9.74. The molecule has 0 fully saturated rings. The minimum atomic E-state index is 0.550. The van der Waals surface area contributed by atoms with Gasteiger partial charge in [-0.25, -0.2) is 0 Å². The monoisotopic (exact) mass is 285 g/mol. The molecule has 4 nitrogen and oxygen atoms in total. The fourth-order valence-electron chi connectivity index (χ4n) is 1.99. The van der Waals surface area contributed by atoms with Crippen molar-refractivity contribution in [1.29, 1.82) is 0 Å². The Labute approximate surface area is 121 Å². The number of anilines is 1. The SMILES string of the molecule is Cc1nnc(-c2ccccc2NCc2sccc2C)o1. The lowest BCUT2D eigenvalue weighted by molar-refractivity contribution is 0.533. The number of rotatable bonds is 4. The summed E-state index contributed by atoms with van der Waals surface area (Å²) in [4.78, 5) is 1.33. The van der Waals surface area contributed by atoms with Crippen molar-refractivity contribution >= 4 is 17.0 Å². The van der Waals surface area contributed by atoms with Gasteiger partial charge in [-0.05, 0) is 36.1 Å². The van der Waals surface area contributed by atoms with E-state index < -0.39 is 0 Å². The van der Waals surface area contributed by atoms with E-state index in [1.165, 1.54) is 10.4 Å². The van der Waals surface area contributed by atoms with Gasteiger partial charge in [-0.3, -0.25) is 0 Å². The van der Waals surface area contributed by atoms with Crippen LogP contribution in [0.1, 0.15) is 16.3 Å². The Morgan fingerprint density at radius 2 is 2.00 bits per heavy atom. The summed E-state index contributed by atoms with van der Waals surface area (Å²) in [6, 6.07) is 10.1. The number of nitrogens with one attached hydrogen (secondary N) is 1. The van der Waals surface area contributed by atoms with Crippen molar-refractivity contribution in [2.24, 2.45) is 0 Å². The van der Waals surface area contributed by atoms with E-state index in [9.17, 15) is 0 Å². The van der Waals surface area contributed by atoms with Crippen LogP contribution in [0.25, 0.3) is 11.5 Å². The van der Waals surface area contributed by atoms with Crippen molar-refractivity contribution in [3.63, 3.8) is 0 Å². The molecule has 0 amide bonds. The maximum Gasteiger partial charge on any atom is 0.249 e. The third-order valence-electron chi connectivity index (χ3n) is 3.09. The highest BCUT2D eigenvalue weighted by Crippen LogP contribution is 2.27. The Kier molecular flexibility index (Phi) is 3.52. The fourth-order valence-corrected chi connectivity index (χ4v) is 2.84. The summed E-state index contributed by atoms with van der Waals surface area (Å²) in [5, 5.41) is 13.5. The van der Waals surface area contributed by atoms with Crippen LogP contribution in [0.3, 0.4) is 0 Å². The molecular weight excluding hydrogens is 270 g/mol. The fraction of sp³-hybridized carbons (Fsp3) is 0.200. The third kappa shape index (κ3) is 2.58. The Morgan fingerprint density at radius 3 is 2.70 bits per heavy atom. The van der Waals surface area contributed by atoms with E-state index in [1.807, 2.05) is 24.3 Å². The van der Waals surface area contributed by atoms with Gasteiger partial charge in [-0.1, -0.05) is 12.1 Å². The lowest BCUT2D eigenvalue weighted by Gasteiger charge is -2.09. The van der Waals surface area contributed by atoms with Crippen molar-refractivity contribution in [3.8, 4) is 11.5 Å². The first-order valence-electron chi connectivity index (χ1n) is 6.40. The first kappa shape index (κ1) is 12.9. The minimum Gasteiger partial charge on any atom is -0.421 e. The average Bonchev–Trinajstić information content (AvgIpc) is 3.06. The highest BCUT2D eigenvalue weighted by Gasteiger charge is 2.11. The van der Waals surface area contributed by atoms with E-state index in [-0.39, 0.29) is 0 Å². The second kappa shape index (κ2) is 5.46. The molecule has 0 unspecified atom stereocenters. The van der Waals surface area contributed by atoms with Gasteiger partial charge in [-0.2, -0.15) is 0 Å². The summed E-state index contributed by atoms with van der Waals surface area (Å²) >= 11 is 1.76. The van der Waals surface area contributed by atoms with Gasteiger partial charge in [0.15, 0.2) is 0 Å². The molecule has 5 heteroatoms. The molecule has 0 bridgehead atoms. The topological polar surface area (TPSA) is 51.0 Å². The quantitative estimate of drug-likeness (QED) is 0.786. The molecule has 0 saturated heterocycles. The molecule has 0 aliphatic heterocycles. The average molecular weight is 285 g/mol. The van der Waals surface area contributed by atoms with Crippen LogP contribution in [0.2, 0.25) is 0 Å². The lowest BCUT2D eigenvalue weighted by Crippen LogP contribution is -2.00. The number of thiophene rings is 1. The van der Waals surface area contributed by atoms with Gasteiger partial charge in [0.25, 0.3) is 0 Å². The van der Waals surface area contributed by atoms with Crippen LogP contribution in [0.4, 0.5) is 5.69 Å². The summed E-state index contributed by atoms with van der Waals surface area (Å²) in [5.41, 5.74) is 3.25. The number of para-hydroxylation sites is 1. The summed E-state index contributed by atoms with van der Waals surface area (Å²) in [6.45, 7) is 4.72. The van der Waals surface area contributed by atoms with Crippen molar-refractivity contribution in [3.05, 3.63) is 52.0 Å². The Morgan fingerprint density at radius 1 is 1.15 bits per heavy atom. The van der Waals surface area contributed by atoms with Crippen LogP contribution in [0, 0.1) is 13.8 Å². The Hall–Kier alpha value is -2.14. The normalized spacial score (nSPS) is 10.7. The molecule has 1 N–H and O–H groups in total. The largest absolute Gasteiger partial charge is 0.421 e. The van der Waals surface area contributed by atoms with Gasteiger partial charge < -0.3 is 9.73 Å². The van der Waals surface area contributed by atoms with E-state index in [1.54, 1.807) is 18.3 Å². The zero-order valence-electron chi connectivity index (χ0n) is 11.4. The molecule has 3 aromatic rings. The van der Waals surface area contributed by atoms with Crippen LogP contribution < -0.4 is 5.32 Å². The van der Waals surface area contributed by atoms with Crippen molar-refractivity contribution in [2.45, 2.75) is 20.4 Å². The Bertz CT molecular complexity index is 717. The van der Waals surface area contributed by atoms with Crippen molar-refractivity contribution in [2.75, 3.05) is 5.32 Å². The standard InChI is InChI=1S/C15H15N3OS/c1-10-7-8-20-14(10)9-16-13-6-4-3-5-12(13)15-18-17-11(2)19-15/h3-8,16H,9H2,1-2H3. The number of aryl methyl sites for hydroxylation is 2. The predicted octanol–water partition coefficient (Wildman–Crippen LogP) is 4.03. The van der Waals surface area contributed by atoms with E-state index in [2.05, 4.69) is 33.9 Å². The number of nitrogens with zero attached hydrogens (tertiary/aromatic N) is 2. The van der Waals surface area contributed by atoms with Gasteiger partial charge in [0.2, 0.25) is 11.8 Å². The van der Waals surface area contributed by atoms with Crippen LogP contribution in [-0.2, 0) is 6.54 Å². The molecule has 0 aliphatic carbocycles. The summed E-state index contributed by atoms with van der Waals surface area (Å²) in [7, 11) is 0. The maximum atomic E-state index is 5.51. The molecule has 1 aromatic carbocycles. The van der Waals surface area contributed by atoms with Crippen LogP contribution in [0.5, 0.6) is 0 Å². The van der Waals surface area contributed by atoms with Crippen LogP contribution in [-0.4, -0.2) is 10.2 Å². The van der Waals surface area contributed by atoms with Gasteiger partial charge >= 0.3 is 0 Å². The van der Waals surface area contributed by atoms with E-state index in [0.29, 0.717) is 11.8 Å². The van der Waals surface area contributed by atoms with Crippen LogP contribution >= 0.6 is 11.3 Å². The summed E-state index contributed by atoms with van der Waals surface area (Å²) in [6.07, 6.45) is 0. The molecule has 2 aromatic heterocycles. The summed E-state index contributed by atoms with van der Waals surface area (Å²) in [5.74, 6) is 1.12. The highest BCUT2D eigenvalue weighted by atomic mass is 32.1. The van der Waals surface area contributed by atoms with Crippen LogP contribution in [0.15, 0.2) is 40.1 Å². The summed E-state index contributed by atoms with van der Waals surface area (Å²) < 4.78 is 5.51. The van der Waals surface area contributed by atoms with Crippen molar-refractivity contribution < 1.29 is 4.42 Å². The highest BCUT2D eigenvalue weighted by molar-refractivity contribution is 7.10. The molecule has 0 atom stereocenters. The van der Waals surface area contributed by atoms with Gasteiger partial charge in [-0.15, -0.1) is 21.5 Å². The molecule has 2 heterocycles. The number of aromatic nitrogens is 2. The van der Waals surface area contributed by atoms with E-state index >= 15 is 0 Å². The molecule has 0 radical (unpaired) electrons. The predicted molar refractivity (Wildman–Crippen MR) is 80.9 cm³/mol. The number of benzene rings is 1. The molecule has 20 heavy (non-hydrogen) atoms. The first-order valence-corrected chi connectivity index (χ1v) is 7.28. The molecule has 0 spiro atoms. The number of hydrogen-bond donors (Lipinski definition) is 1. The van der Waals surface area contributed by atoms with Gasteiger partial charge in [0, 0.05) is 24.0 Å². The maximum absolute atomic E-state index is 5.51. The van der Waals surface area contributed by atoms with E-state index in [4.69, 9.17) is 4.42 Å². The lowest BCUT2D eigenvalue weighted by atomic mass is 10.1. The third-order valence-corrected chi connectivity index (χ3v) is 4.11. The van der Waals surface area contributed by atoms with Crippen molar-refractivity contribution in [1.82, 2.24) is 10.2 Å². The molecular formula is C15H15N3OS. The smallest absolute Gasteiger partial charge is 0.249 e. The Balaban J connectivity index is 1.85. The zero-order valence-corrected chi connectivity index (χ0v) is 12.2. The second-order valence-corrected chi connectivity index (χ2v) is 5.55. The molecule has 102 valence electrons. The second-order valence-electron chi connectivity index (χ2n) is 4.55. The minimum absolute atomic E-state index is 0.550. The molecule has 0 aliphatic rings. The molecule has 3 rings (SSSR count). The number of hydrogen-bond acceptors (Lipinski definition) is 5. The van der Waals surface area contributed by atoms with Gasteiger partial charge in [0.05, 0.1) is 5.56 Å². The van der Waals surface area contributed by atoms with E-state index in [0.717, 1.165) is 17.8 Å². The zero-order chi connectivity index (χ0) is 13.9. The molecule has 0 saturated carbocycles. The van der Waals surface area contributed by atoms with Gasteiger partial charge in [0.1, 0.15) is 0 Å².